The summed E-state index contributed by atoms with van der Waals surface area (Å²) in [7, 11) is 0. The van der Waals surface area contributed by atoms with E-state index >= 15 is 0 Å². The third kappa shape index (κ3) is 10.6. The van der Waals surface area contributed by atoms with Crippen LogP contribution in [0.4, 0.5) is 26.3 Å². The molecule has 4 rings (SSSR count). The van der Waals surface area contributed by atoms with Crippen LogP contribution in [0.25, 0.3) is 0 Å². The number of halogens is 6. The van der Waals surface area contributed by atoms with E-state index in [1.54, 1.807) is 12.4 Å². The largest absolute Gasteiger partial charge is 0.490 e. The van der Waals surface area contributed by atoms with Gasteiger partial charge in [-0.3, -0.25) is 9.78 Å². The number of rotatable bonds is 3. The van der Waals surface area contributed by atoms with Crippen LogP contribution >= 0.6 is 0 Å². The van der Waals surface area contributed by atoms with E-state index in [0.29, 0.717) is 11.0 Å². The van der Waals surface area contributed by atoms with Gasteiger partial charge in [0.2, 0.25) is 0 Å². The molecule has 3 aliphatic heterocycles. The maximum absolute atomic E-state index is 12.6. The van der Waals surface area contributed by atoms with Crippen LogP contribution in [0.15, 0.2) is 24.5 Å². The van der Waals surface area contributed by atoms with Crippen LogP contribution in [-0.2, 0) is 14.3 Å². The average Bonchev–Trinajstić information content (AvgIpc) is 3.26. The van der Waals surface area contributed by atoms with Gasteiger partial charge in [-0.15, -0.1) is 0 Å². The maximum Gasteiger partial charge on any atom is 0.490 e. The Kier molecular flexibility index (Phi) is 11.5. The Bertz CT molecular complexity index is 922. The van der Waals surface area contributed by atoms with Gasteiger partial charge in [-0.2, -0.15) is 26.3 Å². The van der Waals surface area contributed by atoms with Gasteiger partial charge in [0.05, 0.1) is 5.56 Å². The van der Waals surface area contributed by atoms with Gasteiger partial charge in [0, 0.05) is 51.8 Å². The number of nitrogens with zero attached hydrogens (tertiary/aromatic N) is 3. The fourth-order valence-corrected chi connectivity index (χ4v) is 4.74. The first-order valence-corrected chi connectivity index (χ1v) is 12.2. The van der Waals surface area contributed by atoms with Crippen LogP contribution in [0.5, 0.6) is 0 Å². The first-order chi connectivity index (χ1) is 18.1. The van der Waals surface area contributed by atoms with E-state index in [-0.39, 0.29) is 5.91 Å². The van der Waals surface area contributed by atoms with Crippen molar-refractivity contribution in [2.24, 2.45) is 11.3 Å². The number of piperidine rings is 1. The van der Waals surface area contributed by atoms with Crippen molar-refractivity contribution in [3.05, 3.63) is 30.1 Å². The number of aromatic nitrogens is 1. The van der Waals surface area contributed by atoms with Crippen molar-refractivity contribution < 1.29 is 55.7 Å². The van der Waals surface area contributed by atoms with Crippen molar-refractivity contribution in [3.8, 4) is 0 Å². The molecule has 15 heteroatoms. The van der Waals surface area contributed by atoms with Crippen LogP contribution in [0.3, 0.4) is 0 Å². The lowest BCUT2D eigenvalue weighted by Crippen LogP contribution is -2.44. The molecule has 0 atom stereocenters. The van der Waals surface area contributed by atoms with Gasteiger partial charge in [-0.05, 0) is 62.1 Å². The molecule has 3 aliphatic rings. The molecule has 3 saturated heterocycles. The van der Waals surface area contributed by atoms with Gasteiger partial charge in [0.1, 0.15) is 0 Å². The molecule has 0 unspecified atom stereocenters. The number of pyridine rings is 1. The third-order valence-electron chi connectivity index (χ3n) is 6.88. The van der Waals surface area contributed by atoms with Crippen LogP contribution in [0.2, 0.25) is 0 Å². The molecule has 0 saturated carbocycles. The molecule has 3 fully saturated rings. The van der Waals surface area contributed by atoms with Gasteiger partial charge in [-0.25, -0.2) is 9.59 Å². The molecule has 1 spiro atoms. The van der Waals surface area contributed by atoms with Crippen molar-refractivity contribution >= 4 is 17.8 Å². The molecule has 1 aromatic rings. The van der Waals surface area contributed by atoms with Crippen LogP contribution in [0.1, 0.15) is 42.5 Å². The molecule has 0 aromatic carbocycles. The summed E-state index contributed by atoms with van der Waals surface area (Å²) in [5.41, 5.74) is 1.16. The highest BCUT2D eigenvalue weighted by molar-refractivity contribution is 5.93. The van der Waals surface area contributed by atoms with Gasteiger partial charge < -0.3 is 24.7 Å². The lowest BCUT2D eigenvalue weighted by atomic mass is 9.77. The van der Waals surface area contributed by atoms with Gasteiger partial charge >= 0.3 is 24.3 Å². The minimum atomic E-state index is -5.08. The molecule has 4 heterocycles. The van der Waals surface area contributed by atoms with Crippen molar-refractivity contribution in [2.75, 3.05) is 45.9 Å². The average molecular weight is 572 g/mol. The van der Waals surface area contributed by atoms with Crippen molar-refractivity contribution in [1.82, 2.24) is 14.8 Å². The Hall–Kier alpha value is -2.94. The number of carboxylic acids is 2. The Balaban J connectivity index is 0.000000317. The highest BCUT2D eigenvalue weighted by Crippen LogP contribution is 2.41. The second kappa shape index (κ2) is 13.9. The predicted molar refractivity (Wildman–Crippen MR) is 124 cm³/mol. The van der Waals surface area contributed by atoms with Gasteiger partial charge in [-0.1, -0.05) is 0 Å². The number of carboxylic acid groups (broad SMARTS) is 2. The second-order valence-electron chi connectivity index (χ2n) is 9.68. The van der Waals surface area contributed by atoms with Crippen LogP contribution < -0.4 is 0 Å². The van der Waals surface area contributed by atoms with Gasteiger partial charge in [0.15, 0.2) is 0 Å². The van der Waals surface area contributed by atoms with E-state index in [0.717, 1.165) is 45.1 Å². The van der Waals surface area contributed by atoms with Crippen molar-refractivity contribution in [3.63, 3.8) is 0 Å². The molecule has 0 radical (unpaired) electrons. The van der Waals surface area contributed by atoms with Crippen molar-refractivity contribution in [2.45, 2.75) is 44.5 Å². The number of carbonyl (C=O) groups excluding carboxylic acids is 1. The number of alkyl halides is 6. The zero-order chi connectivity index (χ0) is 29.3. The Morgan fingerprint density at radius 2 is 1.46 bits per heavy atom. The fraction of sp³-hybridized carbons (Fsp3) is 0.667. The molecule has 1 amide bonds. The molecular weight excluding hydrogens is 540 g/mol. The fourth-order valence-electron chi connectivity index (χ4n) is 4.74. The minimum Gasteiger partial charge on any atom is -0.475 e. The van der Waals surface area contributed by atoms with Crippen LogP contribution in [0, 0.1) is 11.3 Å². The summed E-state index contributed by atoms with van der Waals surface area (Å²) in [4.78, 5) is 39.2. The summed E-state index contributed by atoms with van der Waals surface area (Å²) in [6, 6.07) is 3.70. The molecule has 9 nitrogen and oxygen atoms in total. The predicted octanol–water partition coefficient (Wildman–Crippen LogP) is 3.70. The summed E-state index contributed by atoms with van der Waals surface area (Å²) in [6.45, 7) is 7.35. The van der Waals surface area contributed by atoms with E-state index in [1.807, 2.05) is 17.0 Å². The number of hydrogen-bond donors (Lipinski definition) is 2. The Morgan fingerprint density at radius 3 is 1.92 bits per heavy atom. The number of amides is 1. The SMILES string of the molecule is O=C(O)C(F)(F)F.O=C(O)C(F)(F)F.O=C(c1cccnc1)N1CCC2(CCN(CC3CCOCC3)C2)CC1. The Labute approximate surface area is 220 Å². The molecule has 0 bridgehead atoms. The molecule has 220 valence electrons. The van der Waals surface area contributed by atoms with E-state index in [4.69, 9.17) is 24.5 Å². The number of likely N-dealkylation sites (tertiary alicyclic amines) is 2. The minimum absolute atomic E-state index is 0.139. The summed E-state index contributed by atoms with van der Waals surface area (Å²) in [5, 5.41) is 14.2. The highest BCUT2D eigenvalue weighted by atomic mass is 19.4. The number of aliphatic carboxylic acids is 2. The topological polar surface area (TPSA) is 120 Å². The van der Waals surface area contributed by atoms with E-state index in [2.05, 4.69) is 9.88 Å². The third-order valence-corrected chi connectivity index (χ3v) is 6.88. The maximum atomic E-state index is 12.6. The first kappa shape index (κ1) is 32.3. The van der Waals surface area contributed by atoms with E-state index in [1.165, 1.54) is 38.9 Å². The lowest BCUT2D eigenvalue weighted by Gasteiger charge is -2.39. The van der Waals surface area contributed by atoms with Gasteiger partial charge in [0.25, 0.3) is 5.91 Å². The smallest absolute Gasteiger partial charge is 0.475 e. The highest BCUT2D eigenvalue weighted by Gasteiger charge is 2.42. The lowest BCUT2D eigenvalue weighted by molar-refractivity contribution is -0.193. The quantitative estimate of drug-likeness (QED) is 0.527. The first-order valence-electron chi connectivity index (χ1n) is 12.2. The summed E-state index contributed by atoms with van der Waals surface area (Å²) in [5.74, 6) is -4.56. The van der Waals surface area contributed by atoms with E-state index < -0.39 is 24.3 Å². The van der Waals surface area contributed by atoms with Crippen LogP contribution in [-0.4, -0.2) is 101 Å². The standard InChI is InChI=1S/C20H29N3O2.2C2HF3O2/c24-19(18-2-1-8-21-14-18)23-10-6-20(7-11-23)5-9-22(16-20)15-17-3-12-25-13-4-17;2*3-2(4,5)1(6)7/h1-2,8,14,17H,3-7,9-13,15-16H2;2*(H,6,7). The Morgan fingerprint density at radius 1 is 0.949 bits per heavy atom. The normalized spacial score (nSPS) is 19.9. The number of hydrogen-bond acceptors (Lipinski definition) is 6. The monoisotopic (exact) mass is 571 g/mol. The molecular formula is C24H31F6N3O6. The zero-order valence-electron chi connectivity index (χ0n) is 21.0. The van der Waals surface area contributed by atoms with E-state index in [9.17, 15) is 31.1 Å². The number of ether oxygens (including phenoxy) is 1. The zero-order valence-corrected chi connectivity index (χ0v) is 21.0. The molecule has 2 N–H and O–H groups in total. The summed E-state index contributed by atoms with van der Waals surface area (Å²) in [6.07, 6.45) is -0.753. The second-order valence-corrected chi connectivity index (χ2v) is 9.68. The number of carbonyl (C=O) groups is 3. The van der Waals surface area contributed by atoms with Crippen molar-refractivity contribution in [1.29, 1.82) is 0 Å². The summed E-state index contributed by atoms with van der Waals surface area (Å²) < 4.78 is 69.0. The molecule has 1 aromatic heterocycles. The molecule has 39 heavy (non-hydrogen) atoms. The summed E-state index contributed by atoms with van der Waals surface area (Å²) >= 11 is 0. The molecule has 0 aliphatic carbocycles.